The molecule has 0 aromatic rings. The van der Waals surface area contributed by atoms with Crippen molar-refractivity contribution in [2.75, 3.05) is 20.8 Å². The summed E-state index contributed by atoms with van der Waals surface area (Å²) in [6.45, 7) is 14.9. The molecule has 0 rings (SSSR count). The highest BCUT2D eigenvalue weighted by molar-refractivity contribution is 5.03. The van der Waals surface area contributed by atoms with Crippen molar-refractivity contribution in [3.05, 3.63) is 24.8 Å². The Morgan fingerprint density at radius 1 is 1.10 bits per heavy atom. The molecule has 0 unspecified atom stereocenters. The molecule has 0 amide bonds. The minimum atomic E-state index is -0.126. The molecule has 0 aromatic heterocycles. The van der Waals surface area contributed by atoms with Gasteiger partial charge >= 0.3 is 0 Å². The number of hydrogen-bond acceptors (Lipinski definition) is 3. The summed E-state index contributed by atoms with van der Waals surface area (Å²) in [6, 6.07) is 0. The zero-order chi connectivity index (χ0) is 15.8. The summed E-state index contributed by atoms with van der Waals surface area (Å²) in [4.78, 5) is 0. The second kappa shape index (κ2) is 9.32. The van der Waals surface area contributed by atoms with Crippen LogP contribution in [-0.2, 0) is 14.2 Å². The number of rotatable bonds is 9. The molecule has 20 heavy (non-hydrogen) atoms. The minimum absolute atomic E-state index is 0.00929. The molecule has 4 atom stereocenters. The Kier molecular flexibility index (Phi) is 9.03. The summed E-state index contributed by atoms with van der Waals surface area (Å²) in [5.74, 6) is 0.531. The Hall–Kier alpha value is -0.640. The van der Waals surface area contributed by atoms with Crippen LogP contribution in [0.1, 0.15) is 34.6 Å². The summed E-state index contributed by atoms with van der Waals surface area (Å²) in [5.41, 5.74) is -0.126. The summed E-state index contributed by atoms with van der Waals surface area (Å²) in [5, 5.41) is 0. The molecular formula is C17H32O3. The fourth-order valence-electron chi connectivity index (χ4n) is 2.28. The quantitative estimate of drug-likeness (QED) is 0.602. The van der Waals surface area contributed by atoms with Crippen LogP contribution in [0.15, 0.2) is 24.8 Å². The molecule has 0 spiro atoms. The fraction of sp³-hybridized carbons (Fsp3) is 0.765. The van der Waals surface area contributed by atoms with E-state index in [0.717, 1.165) is 0 Å². The Balaban J connectivity index is 4.69. The van der Waals surface area contributed by atoms with E-state index in [0.29, 0.717) is 12.5 Å². The van der Waals surface area contributed by atoms with E-state index in [4.69, 9.17) is 14.2 Å². The first-order valence-corrected chi connectivity index (χ1v) is 7.25. The van der Waals surface area contributed by atoms with Gasteiger partial charge in [-0.2, -0.15) is 0 Å². The zero-order valence-electron chi connectivity index (χ0n) is 14.2. The first-order valence-electron chi connectivity index (χ1n) is 7.25. The van der Waals surface area contributed by atoms with E-state index in [1.165, 1.54) is 0 Å². The minimum Gasteiger partial charge on any atom is -0.381 e. The third-order valence-electron chi connectivity index (χ3n) is 3.36. The lowest BCUT2D eigenvalue weighted by molar-refractivity contribution is -0.0807. The average Bonchev–Trinajstić information content (AvgIpc) is 2.37. The topological polar surface area (TPSA) is 27.7 Å². The Morgan fingerprint density at radius 2 is 1.70 bits per heavy atom. The van der Waals surface area contributed by atoms with Crippen molar-refractivity contribution in [2.24, 2.45) is 11.8 Å². The lowest BCUT2D eigenvalue weighted by Crippen LogP contribution is -2.38. The Bertz CT molecular complexity index is 291. The average molecular weight is 284 g/mol. The lowest BCUT2D eigenvalue weighted by Gasteiger charge is -2.33. The van der Waals surface area contributed by atoms with Gasteiger partial charge in [0.15, 0.2) is 0 Å². The third-order valence-corrected chi connectivity index (χ3v) is 3.36. The first-order chi connectivity index (χ1) is 9.26. The van der Waals surface area contributed by atoms with Gasteiger partial charge in [-0.3, -0.25) is 0 Å². The second-order valence-corrected chi connectivity index (χ2v) is 6.28. The Labute approximate surface area is 125 Å². The molecule has 0 saturated carbocycles. The SMILES string of the molecule is C=CC=C[C@H](OC)[C@H](C)[C@@H](OC)[C@@H](C)COC(C)(C)C. The largest absolute Gasteiger partial charge is 0.381 e. The summed E-state index contributed by atoms with van der Waals surface area (Å²) >= 11 is 0. The van der Waals surface area contributed by atoms with E-state index in [9.17, 15) is 0 Å². The molecule has 0 N–H and O–H groups in total. The van der Waals surface area contributed by atoms with Crippen molar-refractivity contribution in [2.45, 2.75) is 52.4 Å². The zero-order valence-corrected chi connectivity index (χ0v) is 14.2. The lowest BCUT2D eigenvalue weighted by atomic mass is 9.89. The fourth-order valence-corrected chi connectivity index (χ4v) is 2.28. The van der Waals surface area contributed by atoms with Crippen LogP contribution in [0, 0.1) is 11.8 Å². The number of allylic oxidation sites excluding steroid dienone is 2. The van der Waals surface area contributed by atoms with E-state index in [-0.39, 0.29) is 23.7 Å². The molecule has 0 fully saturated rings. The van der Waals surface area contributed by atoms with E-state index in [1.54, 1.807) is 20.3 Å². The van der Waals surface area contributed by atoms with Gasteiger partial charge in [0.05, 0.1) is 24.4 Å². The van der Waals surface area contributed by atoms with Crippen LogP contribution in [0.5, 0.6) is 0 Å². The van der Waals surface area contributed by atoms with Crippen LogP contribution in [0.2, 0.25) is 0 Å². The molecule has 0 bridgehead atoms. The predicted molar refractivity (Wildman–Crippen MR) is 85.0 cm³/mol. The normalized spacial score (nSPS) is 18.8. The van der Waals surface area contributed by atoms with Crippen LogP contribution < -0.4 is 0 Å². The van der Waals surface area contributed by atoms with Crippen LogP contribution >= 0.6 is 0 Å². The molecular weight excluding hydrogens is 252 g/mol. The van der Waals surface area contributed by atoms with E-state index < -0.39 is 0 Å². The van der Waals surface area contributed by atoms with Crippen LogP contribution in [0.25, 0.3) is 0 Å². The van der Waals surface area contributed by atoms with Gasteiger partial charge in [-0.15, -0.1) is 0 Å². The molecule has 0 aliphatic heterocycles. The van der Waals surface area contributed by atoms with E-state index in [2.05, 4.69) is 41.2 Å². The monoisotopic (exact) mass is 284 g/mol. The summed E-state index contributed by atoms with van der Waals surface area (Å²) in [6.07, 6.45) is 5.77. The van der Waals surface area contributed by atoms with Gasteiger partial charge in [-0.25, -0.2) is 0 Å². The highest BCUT2D eigenvalue weighted by Gasteiger charge is 2.29. The maximum absolute atomic E-state index is 5.86. The second-order valence-electron chi connectivity index (χ2n) is 6.28. The summed E-state index contributed by atoms with van der Waals surface area (Å²) < 4.78 is 17.1. The maximum atomic E-state index is 5.86. The molecule has 0 aromatic carbocycles. The molecule has 3 nitrogen and oxygen atoms in total. The third kappa shape index (κ3) is 7.22. The summed E-state index contributed by atoms with van der Waals surface area (Å²) in [7, 11) is 3.47. The van der Waals surface area contributed by atoms with Gasteiger partial charge in [0, 0.05) is 26.1 Å². The molecule has 118 valence electrons. The van der Waals surface area contributed by atoms with Crippen LogP contribution in [0.4, 0.5) is 0 Å². The molecule has 0 aliphatic carbocycles. The maximum Gasteiger partial charge on any atom is 0.0805 e. The first kappa shape index (κ1) is 19.4. The molecule has 0 aliphatic rings. The number of ether oxygens (including phenoxy) is 3. The van der Waals surface area contributed by atoms with Gasteiger partial charge in [0.2, 0.25) is 0 Å². The van der Waals surface area contributed by atoms with Crippen molar-refractivity contribution in [1.29, 1.82) is 0 Å². The van der Waals surface area contributed by atoms with Gasteiger partial charge in [-0.1, -0.05) is 38.7 Å². The van der Waals surface area contributed by atoms with E-state index in [1.807, 2.05) is 12.2 Å². The van der Waals surface area contributed by atoms with Gasteiger partial charge in [0.1, 0.15) is 0 Å². The highest BCUT2D eigenvalue weighted by Crippen LogP contribution is 2.23. The van der Waals surface area contributed by atoms with Crippen molar-refractivity contribution in [3.63, 3.8) is 0 Å². The highest BCUT2D eigenvalue weighted by atomic mass is 16.5. The van der Waals surface area contributed by atoms with Gasteiger partial charge in [0.25, 0.3) is 0 Å². The predicted octanol–water partition coefficient (Wildman–Crippen LogP) is 3.85. The van der Waals surface area contributed by atoms with Crippen LogP contribution in [-0.4, -0.2) is 38.6 Å². The Morgan fingerprint density at radius 3 is 2.10 bits per heavy atom. The van der Waals surface area contributed by atoms with Gasteiger partial charge < -0.3 is 14.2 Å². The number of hydrogen-bond donors (Lipinski definition) is 0. The van der Waals surface area contributed by atoms with Crippen molar-refractivity contribution < 1.29 is 14.2 Å². The van der Waals surface area contributed by atoms with Gasteiger partial charge in [-0.05, 0) is 20.8 Å². The standard InChI is InChI=1S/C17H32O3/c1-9-10-11-15(18-7)14(3)16(19-8)13(2)12-20-17(4,5)6/h9-11,13-16H,1,12H2,2-8H3/t13-,14-,15-,16-/m0/s1. The van der Waals surface area contributed by atoms with Crippen molar-refractivity contribution in [1.82, 2.24) is 0 Å². The van der Waals surface area contributed by atoms with Crippen LogP contribution in [0.3, 0.4) is 0 Å². The smallest absolute Gasteiger partial charge is 0.0805 e. The van der Waals surface area contributed by atoms with Crippen molar-refractivity contribution in [3.8, 4) is 0 Å². The van der Waals surface area contributed by atoms with E-state index >= 15 is 0 Å². The molecule has 0 heterocycles. The molecule has 3 heteroatoms. The number of methoxy groups -OCH3 is 2. The molecule has 0 saturated heterocycles. The van der Waals surface area contributed by atoms with Crippen molar-refractivity contribution >= 4 is 0 Å². The molecule has 0 radical (unpaired) electrons.